The van der Waals surface area contributed by atoms with Crippen LogP contribution in [0.2, 0.25) is 0 Å². The van der Waals surface area contributed by atoms with Gasteiger partial charge >= 0.3 is 0 Å². The number of rotatable bonds is 4. The van der Waals surface area contributed by atoms with Gasteiger partial charge in [-0.15, -0.1) is 11.3 Å². The minimum absolute atomic E-state index is 0.630. The minimum Gasteiger partial charge on any atom is -0.348 e. The van der Waals surface area contributed by atoms with E-state index in [1.54, 1.807) is 6.33 Å². The Kier molecular flexibility index (Phi) is 3.11. The molecule has 4 rings (SSSR count). The first-order valence-corrected chi connectivity index (χ1v) is 8.19. The van der Waals surface area contributed by atoms with Crippen LogP contribution >= 0.6 is 11.3 Å². The summed E-state index contributed by atoms with van der Waals surface area (Å²) in [6, 6.07) is 11.4. The summed E-state index contributed by atoms with van der Waals surface area (Å²) < 4.78 is 0. The van der Waals surface area contributed by atoms with E-state index < -0.39 is 0 Å². The summed E-state index contributed by atoms with van der Waals surface area (Å²) >= 11 is 1.81. The molecule has 0 amide bonds. The van der Waals surface area contributed by atoms with Crippen LogP contribution in [0.1, 0.15) is 23.3 Å². The number of aryl methyl sites for hydroxylation is 1. The predicted octanol–water partition coefficient (Wildman–Crippen LogP) is 4.17. The van der Waals surface area contributed by atoms with Crippen molar-refractivity contribution in [3.8, 4) is 0 Å². The molecule has 1 aromatic carbocycles. The van der Waals surface area contributed by atoms with E-state index >= 15 is 0 Å². The topological polar surface area (TPSA) is 29.0 Å². The van der Waals surface area contributed by atoms with Crippen LogP contribution in [0, 0.1) is 6.92 Å². The van der Waals surface area contributed by atoms with Gasteiger partial charge in [-0.3, -0.25) is 0 Å². The molecule has 4 heteroatoms. The molecule has 3 aromatic rings. The van der Waals surface area contributed by atoms with Gasteiger partial charge in [0.25, 0.3) is 0 Å². The Morgan fingerprint density at radius 2 is 2.14 bits per heavy atom. The Balaban J connectivity index is 1.80. The van der Waals surface area contributed by atoms with E-state index in [9.17, 15) is 0 Å². The smallest absolute Gasteiger partial charge is 0.140 e. The fourth-order valence-corrected chi connectivity index (χ4v) is 3.42. The average Bonchev–Trinajstić information content (AvgIpc) is 3.21. The fraction of sp³-hybridized carbons (Fsp3) is 0.294. The zero-order valence-electron chi connectivity index (χ0n) is 12.0. The molecule has 0 saturated heterocycles. The lowest BCUT2D eigenvalue weighted by Crippen LogP contribution is -2.25. The van der Waals surface area contributed by atoms with Gasteiger partial charge in [-0.1, -0.05) is 17.7 Å². The maximum absolute atomic E-state index is 4.61. The maximum Gasteiger partial charge on any atom is 0.140 e. The summed E-state index contributed by atoms with van der Waals surface area (Å²) in [6.45, 7) is 3.07. The number of benzene rings is 1. The van der Waals surface area contributed by atoms with Crippen LogP contribution in [0.5, 0.6) is 0 Å². The monoisotopic (exact) mass is 295 g/mol. The molecule has 2 heterocycles. The highest BCUT2D eigenvalue weighted by molar-refractivity contribution is 7.09. The van der Waals surface area contributed by atoms with Gasteiger partial charge in [0.2, 0.25) is 0 Å². The van der Waals surface area contributed by atoms with Crippen molar-refractivity contribution in [2.75, 3.05) is 4.90 Å². The number of anilines is 1. The Morgan fingerprint density at radius 1 is 1.24 bits per heavy atom. The van der Waals surface area contributed by atoms with E-state index in [0.29, 0.717) is 6.04 Å². The summed E-state index contributed by atoms with van der Waals surface area (Å²) in [4.78, 5) is 12.9. The van der Waals surface area contributed by atoms with Crippen LogP contribution < -0.4 is 4.90 Å². The summed E-state index contributed by atoms with van der Waals surface area (Å²) in [5.74, 6) is 1.08. The molecule has 0 aliphatic heterocycles. The molecule has 1 aliphatic carbocycles. The van der Waals surface area contributed by atoms with E-state index in [1.807, 2.05) is 11.3 Å². The summed E-state index contributed by atoms with van der Waals surface area (Å²) in [5, 5.41) is 3.31. The fourth-order valence-electron chi connectivity index (χ4n) is 2.72. The predicted molar refractivity (Wildman–Crippen MR) is 87.8 cm³/mol. The lowest BCUT2D eigenvalue weighted by molar-refractivity contribution is 0.789. The van der Waals surface area contributed by atoms with Crippen molar-refractivity contribution in [3.63, 3.8) is 0 Å². The van der Waals surface area contributed by atoms with E-state index in [-0.39, 0.29) is 0 Å². The van der Waals surface area contributed by atoms with Gasteiger partial charge in [-0.2, -0.15) is 0 Å². The number of hydrogen-bond acceptors (Lipinski definition) is 4. The van der Waals surface area contributed by atoms with Crippen molar-refractivity contribution in [3.05, 3.63) is 52.5 Å². The summed E-state index contributed by atoms with van der Waals surface area (Å²) in [6.07, 6.45) is 4.22. The first kappa shape index (κ1) is 12.8. The molecule has 0 bridgehead atoms. The first-order chi connectivity index (χ1) is 10.3. The van der Waals surface area contributed by atoms with Crippen LogP contribution in [0.3, 0.4) is 0 Å². The van der Waals surface area contributed by atoms with Crippen molar-refractivity contribution < 1.29 is 0 Å². The molecule has 0 N–H and O–H groups in total. The zero-order chi connectivity index (χ0) is 14.2. The van der Waals surface area contributed by atoms with Gasteiger partial charge in [0.1, 0.15) is 12.1 Å². The number of fused-ring (bicyclic) bond motifs is 1. The van der Waals surface area contributed by atoms with Crippen molar-refractivity contribution >= 4 is 28.1 Å². The third-order valence-electron chi connectivity index (χ3n) is 3.94. The second-order valence-electron chi connectivity index (χ2n) is 5.66. The molecule has 0 radical (unpaired) electrons. The third kappa shape index (κ3) is 2.51. The second kappa shape index (κ2) is 5.11. The normalized spacial score (nSPS) is 14.5. The molecule has 0 spiro atoms. The van der Waals surface area contributed by atoms with E-state index in [4.69, 9.17) is 0 Å². The second-order valence-corrected chi connectivity index (χ2v) is 6.69. The third-order valence-corrected chi connectivity index (χ3v) is 4.80. The van der Waals surface area contributed by atoms with E-state index in [0.717, 1.165) is 17.9 Å². The van der Waals surface area contributed by atoms with Crippen LogP contribution in [-0.2, 0) is 6.54 Å². The molecule has 21 heavy (non-hydrogen) atoms. The number of thiophene rings is 1. The van der Waals surface area contributed by atoms with Gasteiger partial charge in [-0.25, -0.2) is 9.97 Å². The molecule has 0 atom stereocenters. The molecule has 1 aliphatic rings. The summed E-state index contributed by atoms with van der Waals surface area (Å²) in [5.41, 5.74) is 2.29. The van der Waals surface area contributed by atoms with Gasteiger partial charge < -0.3 is 4.90 Å². The van der Waals surface area contributed by atoms with Crippen LogP contribution in [-0.4, -0.2) is 16.0 Å². The van der Waals surface area contributed by atoms with Crippen molar-refractivity contribution in [1.82, 2.24) is 9.97 Å². The highest BCUT2D eigenvalue weighted by atomic mass is 32.1. The lowest BCUT2D eigenvalue weighted by Gasteiger charge is -2.24. The van der Waals surface area contributed by atoms with Crippen molar-refractivity contribution in [2.45, 2.75) is 32.4 Å². The highest BCUT2D eigenvalue weighted by Crippen LogP contribution is 2.35. The highest BCUT2D eigenvalue weighted by Gasteiger charge is 2.31. The standard InChI is InChI=1S/C17H17N3S/c1-12-4-7-16-15(9-12)17(19-11-18-16)20(13-5-6-13)10-14-3-2-8-21-14/h2-4,7-9,11,13H,5-6,10H2,1H3. The van der Waals surface area contributed by atoms with Crippen LogP contribution in [0.4, 0.5) is 5.82 Å². The van der Waals surface area contributed by atoms with Crippen LogP contribution in [0.25, 0.3) is 10.9 Å². The molecule has 2 aromatic heterocycles. The average molecular weight is 295 g/mol. The molecule has 1 fully saturated rings. The molecule has 3 nitrogen and oxygen atoms in total. The maximum atomic E-state index is 4.61. The van der Waals surface area contributed by atoms with Gasteiger partial charge in [0.05, 0.1) is 12.1 Å². The molecule has 1 saturated carbocycles. The van der Waals surface area contributed by atoms with Gasteiger partial charge in [-0.05, 0) is 43.3 Å². The molecular weight excluding hydrogens is 278 g/mol. The number of nitrogens with zero attached hydrogens (tertiary/aromatic N) is 3. The quantitative estimate of drug-likeness (QED) is 0.723. The van der Waals surface area contributed by atoms with E-state index in [2.05, 4.69) is 57.5 Å². The van der Waals surface area contributed by atoms with Crippen molar-refractivity contribution in [1.29, 1.82) is 0 Å². The molecule has 0 unspecified atom stereocenters. The molecular formula is C17H17N3S. The minimum atomic E-state index is 0.630. The number of aromatic nitrogens is 2. The number of hydrogen-bond donors (Lipinski definition) is 0. The summed E-state index contributed by atoms with van der Waals surface area (Å²) in [7, 11) is 0. The van der Waals surface area contributed by atoms with Gasteiger partial charge in [0.15, 0.2) is 0 Å². The zero-order valence-corrected chi connectivity index (χ0v) is 12.8. The largest absolute Gasteiger partial charge is 0.348 e. The Labute approximate surface area is 128 Å². The van der Waals surface area contributed by atoms with Gasteiger partial charge in [0, 0.05) is 16.3 Å². The Bertz CT molecular complexity index is 763. The lowest BCUT2D eigenvalue weighted by atomic mass is 10.1. The Hall–Kier alpha value is -1.94. The van der Waals surface area contributed by atoms with E-state index in [1.165, 1.54) is 28.7 Å². The molecule has 106 valence electrons. The SMILES string of the molecule is Cc1ccc2ncnc(N(Cc3cccs3)C3CC3)c2c1. The first-order valence-electron chi connectivity index (χ1n) is 7.31. The van der Waals surface area contributed by atoms with Crippen molar-refractivity contribution in [2.24, 2.45) is 0 Å². The Morgan fingerprint density at radius 3 is 2.90 bits per heavy atom. The van der Waals surface area contributed by atoms with Crippen LogP contribution in [0.15, 0.2) is 42.0 Å².